The maximum absolute atomic E-state index is 12.7. The number of aryl methyl sites for hydroxylation is 1. The van der Waals surface area contributed by atoms with Crippen molar-refractivity contribution in [2.45, 2.75) is 64.0 Å². The molecule has 1 aromatic heterocycles. The van der Waals surface area contributed by atoms with Gasteiger partial charge >= 0.3 is 0 Å². The number of carbonyl (C=O) groups is 1. The molecule has 4 heteroatoms. The van der Waals surface area contributed by atoms with Crippen LogP contribution in [0.4, 0.5) is 0 Å². The number of carbonyl (C=O) groups excluding carboxylic acids is 1. The lowest BCUT2D eigenvalue weighted by molar-refractivity contribution is -0.142. The third-order valence-electron chi connectivity index (χ3n) is 4.27. The molecule has 1 aromatic rings. The van der Waals surface area contributed by atoms with E-state index in [1.807, 2.05) is 10.8 Å². The van der Waals surface area contributed by atoms with E-state index in [2.05, 4.69) is 11.9 Å². The number of imidazole rings is 1. The SMILES string of the molecule is CCn1ccnc1CC(=O)C1(OC)CCCCCC1. The Morgan fingerprint density at radius 3 is 2.63 bits per heavy atom. The number of Topliss-reactive ketones (excluding diaryl/α,β-unsaturated/α-hetero) is 1. The Morgan fingerprint density at radius 2 is 2.05 bits per heavy atom. The molecular weight excluding hydrogens is 240 g/mol. The second-order valence-corrected chi connectivity index (χ2v) is 5.34. The Morgan fingerprint density at radius 1 is 1.37 bits per heavy atom. The van der Waals surface area contributed by atoms with Gasteiger partial charge in [0, 0.05) is 26.0 Å². The zero-order chi connectivity index (χ0) is 13.7. The molecule has 0 amide bonds. The van der Waals surface area contributed by atoms with Crippen LogP contribution in [0.5, 0.6) is 0 Å². The molecule has 0 aromatic carbocycles. The van der Waals surface area contributed by atoms with Gasteiger partial charge in [0.2, 0.25) is 0 Å². The van der Waals surface area contributed by atoms with E-state index in [0.29, 0.717) is 6.42 Å². The smallest absolute Gasteiger partial charge is 0.172 e. The highest BCUT2D eigenvalue weighted by Crippen LogP contribution is 2.31. The summed E-state index contributed by atoms with van der Waals surface area (Å²) in [5, 5.41) is 0. The summed E-state index contributed by atoms with van der Waals surface area (Å²) in [7, 11) is 1.68. The van der Waals surface area contributed by atoms with Gasteiger partial charge in [-0.1, -0.05) is 25.7 Å². The van der Waals surface area contributed by atoms with Gasteiger partial charge in [-0.15, -0.1) is 0 Å². The fourth-order valence-electron chi connectivity index (χ4n) is 3.00. The molecule has 1 fully saturated rings. The summed E-state index contributed by atoms with van der Waals surface area (Å²) in [6, 6.07) is 0. The van der Waals surface area contributed by atoms with E-state index in [0.717, 1.165) is 38.1 Å². The molecule has 0 spiro atoms. The lowest BCUT2D eigenvalue weighted by atomic mass is 9.87. The minimum Gasteiger partial charge on any atom is -0.370 e. The summed E-state index contributed by atoms with van der Waals surface area (Å²) in [5.41, 5.74) is -0.568. The standard InChI is InChI=1S/C15H24N2O2/c1-3-17-11-10-16-14(17)12-13(18)15(19-2)8-6-4-5-7-9-15/h10-11H,3-9,12H2,1-2H3. The van der Waals surface area contributed by atoms with E-state index in [9.17, 15) is 4.79 Å². The molecule has 1 heterocycles. The molecule has 0 saturated heterocycles. The summed E-state index contributed by atoms with van der Waals surface area (Å²) in [6.45, 7) is 2.91. The normalized spacial score (nSPS) is 19.1. The topological polar surface area (TPSA) is 44.1 Å². The molecule has 0 radical (unpaired) electrons. The van der Waals surface area contributed by atoms with Gasteiger partial charge in [0.15, 0.2) is 5.78 Å². The van der Waals surface area contributed by atoms with Crippen molar-refractivity contribution in [3.63, 3.8) is 0 Å². The van der Waals surface area contributed by atoms with Crippen molar-refractivity contribution < 1.29 is 9.53 Å². The van der Waals surface area contributed by atoms with Crippen molar-refractivity contribution in [1.29, 1.82) is 0 Å². The van der Waals surface area contributed by atoms with Crippen molar-refractivity contribution in [3.8, 4) is 0 Å². The highest BCUT2D eigenvalue weighted by molar-refractivity contribution is 5.88. The molecule has 19 heavy (non-hydrogen) atoms. The van der Waals surface area contributed by atoms with Gasteiger partial charge in [0.05, 0.1) is 6.42 Å². The molecule has 2 rings (SSSR count). The van der Waals surface area contributed by atoms with Crippen LogP contribution in [0.2, 0.25) is 0 Å². The van der Waals surface area contributed by atoms with E-state index in [1.165, 1.54) is 12.8 Å². The van der Waals surface area contributed by atoms with E-state index in [1.54, 1.807) is 13.3 Å². The van der Waals surface area contributed by atoms with Crippen LogP contribution < -0.4 is 0 Å². The molecule has 1 saturated carbocycles. The molecule has 106 valence electrons. The molecule has 4 nitrogen and oxygen atoms in total. The second kappa shape index (κ2) is 6.33. The van der Waals surface area contributed by atoms with Gasteiger partial charge in [-0.2, -0.15) is 0 Å². The molecular formula is C15H24N2O2. The molecule has 1 aliphatic carbocycles. The molecule has 0 N–H and O–H groups in total. The largest absolute Gasteiger partial charge is 0.370 e. The van der Waals surface area contributed by atoms with Crippen molar-refractivity contribution >= 4 is 5.78 Å². The highest BCUT2D eigenvalue weighted by Gasteiger charge is 2.38. The Kier molecular flexibility index (Phi) is 4.75. The third-order valence-corrected chi connectivity index (χ3v) is 4.27. The fourth-order valence-corrected chi connectivity index (χ4v) is 3.00. The Bertz CT molecular complexity index is 418. The average Bonchev–Trinajstić information content (AvgIpc) is 2.73. The summed E-state index contributed by atoms with van der Waals surface area (Å²) >= 11 is 0. The highest BCUT2D eigenvalue weighted by atomic mass is 16.5. The summed E-state index contributed by atoms with van der Waals surface area (Å²) in [6.07, 6.45) is 10.4. The number of aromatic nitrogens is 2. The van der Waals surface area contributed by atoms with Crippen LogP contribution in [0, 0.1) is 0 Å². The first kappa shape index (κ1) is 14.3. The van der Waals surface area contributed by atoms with Crippen LogP contribution in [-0.2, 0) is 22.5 Å². The fraction of sp³-hybridized carbons (Fsp3) is 0.733. The first-order valence-corrected chi connectivity index (χ1v) is 7.30. The zero-order valence-corrected chi connectivity index (χ0v) is 12.0. The lowest BCUT2D eigenvalue weighted by Gasteiger charge is -2.29. The van der Waals surface area contributed by atoms with Crippen LogP contribution >= 0.6 is 0 Å². The third kappa shape index (κ3) is 3.06. The molecule has 0 unspecified atom stereocenters. The maximum atomic E-state index is 12.7. The number of rotatable bonds is 5. The second-order valence-electron chi connectivity index (χ2n) is 5.34. The lowest BCUT2D eigenvalue weighted by Crippen LogP contribution is -2.41. The van der Waals surface area contributed by atoms with E-state index in [4.69, 9.17) is 4.74 Å². The van der Waals surface area contributed by atoms with Crippen LogP contribution in [-0.4, -0.2) is 28.0 Å². The Hall–Kier alpha value is -1.16. The van der Waals surface area contributed by atoms with Gasteiger partial charge in [-0.05, 0) is 19.8 Å². The van der Waals surface area contributed by atoms with E-state index < -0.39 is 5.60 Å². The predicted octanol–water partition coefficient (Wildman–Crippen LogP) is 2.75. The first-order valence-electron chi connectivity index (χ1n) is 7.30. The molecule has 0 aliphatic heterocycles. The van der Waals surface area contributed by atoms with Gasteiger partial charge in [0.25, 0.3) is 0 Å². The van der Waals surface area contributed by atoms with Crippen LogP contribution in [0.1, 0.15) is 51.3 Å². The maximum Gasteiger partial charge on any atom is 0.172 e. The van der Waals surface area contributed by atoms with Crippen LogP contribution in [0.3, 0.4) is 0 Å². The number of hydrogen-bond acceptors (Lipinski definition) is 3. The minimum absolute atomic E-state index is 0.192. The van der Waals surface area contributed by atoms with Crippen molar-refractivity contribution in [1.82, 2.24) is 9.55 Å². The minimum atomic E-state index is -0.568. The van der Waals surface area contributed by atoms with Crippen LogP contribution in [0.15, 0.2) is 12.4 Å². The molecule has 0 bridgehead atoms. The van der Waals surface area contributed by atoms with Crippen molar-refractivity contribution in [2.75, 3.05) is 7.11 Å². The number of ether oxygens (including phenoxy) is 1. The number of hydrogen-bond donors (Lipinski definition) is 0. The van der Waals surface area contributed by atoms with Gasteiger partial charge < -0.3 is 9.30 Å². The van der Waals surface area contributed by atoms with E-state index >= 15 is 0 Å². The van der Waals surface area contributed by atoms with Crippen molar-refractivity contribution in [2.24, 2.45) is 0 Å². The quantitative estimate of drug-likeness (QED) is 0.768. The Labute approximate surface area is 115 Å². The number of nitrogens with zero attached hydrogens (tertiary/aromatic N) is 2. The average molecular weight is 264 g/mol. The molecule has 0 atom stereocenters. The Balaban J connectivity index is 2.12. The van der Waals surface area contributed by atoms with Gasteiger partial charge in [-0.25, -0.2) is 4.98 Å². The number of methoxy groups -OCH3 is 1. The van der Waals surface area contributed by atoms with Gasteiger partial charge in [0.1, 0.15) is 11.4 Å². The van der Waals surface area contributed by atoms with Gasteiger partial charge in [-0.3, -0.25) is 4.79 Å². The van der Waals surface area contributed by atoms with Crippen molar-refractivity contribution in [3.05, 3.63) is 18.2 Å². The predicted molar refractivity (Wildman–Crippen MR) is 74.1 cm³/mol. The van der Waals surface area contributed by atoms with E-state index in [-0.39, 0.29) is 5.78 Å². The first-order chi connectivity index (χ1) is 9.22. The monoisotopic (exact) mass is 264 g/mol. The van der Waals surface area contributed by atoms with Crippen LogP contribution in [0.25, 0.3) is 0 Å². The summed E-state index contributed by atoms with van der Waals surface area (Å²) in [5.74, 6) is 1.05. The number of ketones is 1. The molecule has 1 aliphatic rings. The zero-order valence-electron chi connectivity index (χ0n) is 12.0. The summed E-state index contributed by atoms with van der Waals surface area (Å²) < 4.78 is 7.68. The summed E-state index contributed by atoms with van der Waals surface area (Å²) in [4.78, 5) is 17.0.